The SMILES string of the molecule is C[C@@H](OC1CCC(N)C1c1ccc(F)cc1)c1cc(C(F)(F)F)cc(C(F)(F)F)c1. The van der Waals surface area contributed by atoms with Crippen molar-refractivity contribution in [3.63, 3.8) is 0 Å². The van der Waals surface area contributed by atoms with Gasteiger partial charge in [0.1, 0.15) is 5.82 Å². The van der Waals surface area contributed by atoms with Crippen LogP contribution in [0, 0.1) is 5.82 Å². The molecule has 1 fully saturated rings. The number of hydrogen-bond donors (Lipinski definition) is 1. The van der Waals surface area contributed by atoms with Gasteiger partial charge in [0, 0.05) is 12.0 Å². The molecule has 1 saturated carbocycles. The fourth-order valence-electron chi connectivity index (χ4n) is 3.85. The smallest absolute Gasteiger partial charge is 0.370 e. The zero-order chi connectivity index (χ0) is 22.3. The molecule has 3 unspecified atom stereocenters. The Labute approximate surface area is 168 Å². The second-order valence-corrected chi connectivity index (χ2v) is 7.47. The Morgan fingerprint density at radius 3 is 1.93 bits per heavy atom. The van der Waals surface area contributed by atoms with Crippen LogP contribution in [-0.4, -0.2) is 12.1 Å². The summed E-state index contributed by atoms with van der Waals surface area (Å²) in [5, 5.41) is 0. The van der Waals surface area contributed by atoms with Crippen LogP contribution in [0.2, 0.25) is 0 Å². The molecule has 0 radical (unpaired) electrons. The first-order chi connectivity index (χ1) is 13.9. The molecule has 164 valence electrons. The first-order valence-corrected chi connectivity index (χ1v) is 9.32. The highest BCUT2D eigenvalue weighted by atomic mass is 19.4. The first kappa shape index (κ1) is 22.6. The fraction of sp³-hybridized carbons (Fsp3) is 0.429. The van der Waals surface area contributed by atoms with Gasteiger partial charge in [0.2, 0.25) is 0 Å². The summed E-state index contributed by atoms with van der Waals surface area (Å²) in [7, 11) is 0. The third kappa shape index (κ3) is 4.95. The highest BCUT2D eigenvalue weighted by Gasteiger charge is 2.39. The number of hydrogen-bond acceptors (Lipinski definition) is 2. The highest BCUT2D eigenvalue weighted by Crippen LogP contribution is 2.41. The number of ether oxygens (including phenoxy) is 1. The van der Waals surface area contributed by atoms with E-state index in [1.807, 2.05) is 0 Å². The average Bonchev–Trinajstić information content (AvgIpc) is 3.01. The molecule has 0 bridgehead atoms. The van der Waals surface area contributed by atoms with E-state index in [2.05, 4.69) is 0 Å². The molecule has 2 N–H and O–H groups in total. The zero-order valence-electron chi connectivity index (χ0n) is 15.9. The van der Waals surface area contributed by atoms with E-state index in [9.17, 15) is 30.7 Å². The van der Waals surface area contributed by atoms with Crippen molar-refractivity contribution in [1.29, 1.82) is 0 Å². The standard InChI is InChI=1S/C21H20F7NO/c1-11(13-8-14(20(23,24)25)10-15(9-13)21(26,27)28)30-18-7-6-17(29)19(18)12-2-4-16(22)5-3-12/h2-5,8-11,17-19H,6-7,29H2,1H3/t11-,17?,18?,19?/m1/s1. The third-order valence-electron chi connectivity index (χ3n) is 5.36. The van der Waals surface area contributed by atoms with Crippen LogP contribution < -0.4 is 5.73 Å². The quantitative estimate of drug-likeness (QED) is 0.579. The molecule has 30 heavy (non-hydrogen) atoms. The van der Waals surface area contributed by atoms with Gasteiger partial charge in [0.15, 0.2) is 0 Å². The van der Waals surface area contributed by atoms with Gasteiger partial charge in [-0.25, -0.2) is 4.39 Å². The summed E-state index contributed by atoms with van der Waals surface area (Å²) < 4.78 is 97.8. The van der Waals surface area contributed by atoms with Gasteiger partial charge < -0.3 is 10.5 Å². The van der Waals surface area contributed by atoms with Crippen molar-refractivity contribution in [3.8, 4) is 0 Å². The molecule has 3 rings (SSSR count). The molecule has 9 heteroatoms. The van der Waals surface area contributed by atoms with Crippen molar-refractivity contribution in [3.05, 3.63) is 70.5 Å². The van der Waals surface area contributed by atoms with E-state index in [0.717, 1.165) is 0 Å². The van der Waals surface area contributed by atoms with E-state index in [-0.39, 0.29) is 23.6 Å². The Kier molecular flexibility index (Phi) is 6.15. The lowest BCUT2D eigenvalue weighted by atomic mass is 9.92. The van der Waals surface area contributed by atoms with Gasteiger partial charge in [-0.15, -0.1) is 0 Å². The van der Waals surface area contributed by atoms with E-state index in [1.165, 1.54) is 19.1 Å². The Balaban J connectivity index is 1.89. The van der Waals surface area contributed by atoms with Crippen LogP contribution in [0.3, 0.4) is 0 Å². The minimum atomic E-state index is -4.93. The van der Waals surface area contributed by atoms with E-state index in [1.54, 1.807) is 12.1 Å². The minimum absolute atomic E-state index is 0.0863. The molecule has 4 atom stereocenters. The van der Waals surface area contributed by atoms with Crippen LogP contribution in [-0.2, 0) is 17.1 Å². The molecule has 0 aliphatic heterocycles. The summed E-state index contributed by atoms with van der Waals surface area (Å²) in [6.45, 7) is 1.40. The lowest BCUT2D eigenvalue weighted by Crippen LogP contribution is -2.30. The molecule has 0 heterocycles. The Hall–Kier alpha value is -2.13. The lowest BCUT2D eigenvalue weighted by Gasteiger charge is -2.27. The molecule has 0 saturated heterocycles. The molecule has 1 aliphatic rings. The third-order valence-corrected chi connectivity index (χ3v) is 5.36. The second kappa shape index (κ2) is 8.19. The number of nitrogens with two attached hydrogens (primary N) is 1. The van der Waals surface area contributed by atoms with Gasteiger partial charge in [-0.05, 0) is 61.2 Å². The topological polar surface area (TPSA) is 35.2 Å². The number of halogens is 7. The van der Waals surface area contributed by atoms with E-state index in [0.29, 0.717) is 30.5 Å². The van der Waals surface area contributed by atoms with Gasteiger partial charge in [-0.1, -0.05) is 12.1 Å². The molecular weight excluding hydrogens is 415 g/mol. The van der Waals surface area contributed by atoms with Gasteiger partial charge in [0.05, 0.1) is 23.3 Å². The summed E-state index contributed by atoms with van der Waals surface area (Å²) in [4.78, 5) is 0. The second-order valence-electron chi connectivity index (χ2n) is 7.47. The van der Waals surface area contributed by atoms with Gasteiger partial charge >= 0.3 is 12.4 Å². The summed E-state index contributed by atoms with van der Waals surface area (Å²) in [6.07, 6.45) is -10.4. The van der Waals surface area contributed by atoms with Crippen molar-refractivity contribution in [2.24, 2.45) is 5.73 Å². The monoisotopic (exact) mass is 435 g/mol. The summed E-state index contributed by atoms with van der Waals surface area (Å²) in [5.74, 6) is -0.777. The zero-order valence-corrected chi connectivity index (χ0v) is 15.9. The molecule has 0 amide bonds. The molecule has 2 aromatic rings. The fourth-order valence-corrected chi connectivity index (χ4v) is 3.85. The Morgan fingerprint density at radius 1 is 0.900 bits per heavy atom. The molecule has 1 aliphatic carbocycles. The average molecular weight is 435 g/mol. The summed E-state index contributed by atoms with van der Waals surface area (Å²) >= 11 is 0. The molecular formula is C21H20F7NO. The maximum absolute atomic E-state index is 13.2. The van der Waals surface area contributed by atoms with Crippen LogP contribution in [0.5, 0.6) is 0 Å². The number of rotatable bonds is 4. The normalized spacial score (nSPS) is 23.6. The number of benzene rings is 2. The summed E-state index contributed by atoms with van der Waals surface area (Å²) in [6, 6.07) is 6.75. The van der Waals surface area contributed by atoms with Gasteiger partial charge in [0.25, 0.3) is 0 Å². The molecule has 2 aromatic carbocycles. The van der Waals surface area contributed by atoms with E-state index < -0.39 is 41.5 Å². The highest BCUT2D eigenvalue weighted by molar-refractivity contribution is 5.35. The predicted octanol–water partition coefficient (Wildman–Crippen LogP) is 6.21. The largest absolute Gasteiger partial charge is 0.416 e. The maximum atomic E-state index is 13.2. The van der Waals surface area contributed by atoms with Crippen molar-refractivity contribution in [1.82, 2.24) is 0 Å². The predicted molar refractivity (Wildman–Crippen MR) is 96.1 cm³/mol. The minimum Gasteiger partial charge on any atom is -0.370 e. The van der Waals surface area contributed by atoms with Crippen LogP contribution >= 0.6 is 0 Å². The maximum Gasteiger partial charge on any atom is 0.416 e. The van der Waals surface area contributed by atoms with E-state index in [4.69, 9.17) is 10.5 Å². The van der Waals surface area contributed by atoms with Crippen molar-refractivity contribution in [2.75, 3.05) is 0 Å². The molecule has 0 spiro atoms. The van der Waals surface area contributed by atoms with Crippen LogP contribution in [0.1, 0.15) is 54.0 Å². The first-order valence-electron chi connectivity index (χ1n) is 9.32. The number of alkyl halides is 6. The molecule has 2 nitrogen and oxygen atoms in total. The van der Waals surface area contributed by atoms with Gasteiger partial charge in [-0.3, -0.25) is 0 Å². The van der Waals surface area contributed by atoms with Crippen LogP contribution in [0.4, 0.5) is 30.7 Å². The van der Waals surface area contributed by atoms with Crippen molar-refractivity contribution in [2.45, 2.75) is 56.3 Å². The van der Waals surface area contributed by atoms with Gasteiger partial charge in [-0.2, -0.15) is 26.3 Å². The van der Waals surface area contributed by atoms with E-state index >= 15 is 0 Å². The van der Waals surface area contributed by atoms with Crippen molar-refractivity contribution >= 4 is 0 Å². The van der Waals surface area contributed by atoms with Crippen LogP contribution in [0.15, 0.2) is 42.5 Å². The van der Waals surface area contributed by atoms with Crippen molar-refractivity contribution < 1.29 is 35.5 Å². The van der Waals surface area contributed by atoms with Crippen LogP contribution in [0.25, 0.3) is 0 Å². The summed E-state index contributed by atoms with van der Waals surface area (Å²) in [5.41, 5.74) is 3.85. The molecule has 0 aromatic heterocycles. The lowest BCUT2D eigenvalue weighted by molar-refractivity contribution is -0.143. The Bertz CT molecular complexity index is 844. The Morgan fingerprint density at radius 2 is 1.43 bits per heavy atom.